The summed E-state index contributed by atoms with van der Waals surface area (Å²) >= 11 is 1.55. The molecule has 0 aliphatic carbocycles. The van der Waals surface area contributed by atoms with Crippen LogP contribution in [0.2, 0.25) is 0 Å². The molecule has 0 radical (unpaired) electrons. The monoisotopic (exact) mass is 449 g/mol. The van der Waals surface area contributed by atoms with Crippen molar-refractivity contribution in [3.63, 3.8) is 0 Å². The van der Waals surface area contributed by atoms with Crippen LogP contribution in [0.3, 0.4) is 0 Å². The summed E-state index contributed by atoms with van der Waals surface area (Å²) in [5, 5.41) is 7.27. The van der Waals surface area contributed by atoms with Gasteiger partial charge in [0.15, 0.2) is 0 Å². The van der Waals surface area contributed by atoms with E-state index in [-0.39, 0.29) is 17.0 Å². The number of benzene rings is 3. The zero-order chi connectivity index (χ0) is 18.5. The van der Waals surface area contributed by atoms with Crippen LogP contribution in [0.15, 0.2) is 95.4 Å². The van der Waals surface area contributed by atoms with Crippen LogP contribution in [0.1, 0.15) is 12.5 Å². The Bertz CT molecular complexity index is 1040. The molecular formula is C23H20BrN3S. The largest absolute Gasteiger partial charge is 0.252 e. The highest BCUT2D eigenvalue weighted by molar-refractivity contribution is 8.93. The smallest absolute Gasteiger partial charge is 0.203 e. The molecule has 0 atom stereocenters. The Kier molecular flexibility index (Phi) is 6.74. The minimum Gasteiger partial charge on any atom is -0.252 e. The summed E-state index contributed by atoms with van der Waals surface area (Å²) in [7, 11) is 0. The summed E-state index contributed by atoms with van der Waals surface area (Å²) in [5.74, 6) is 0. The van der Waals surface area contributed by atoms with Gasteiger partial charge in [0.2, 0.25) is 5.13 Å². The lowest BCUT2D eigenvalue weighted by atomic mass is 10.0. The van der Waals surface area contributed by atoms with Gasteiger partial charge in [-0.15, -0.1) is 28.3 Å². The average molecular weight is 450 g/mol. The summed E-state index contributed by atoms with van der Waals surface area (Å²) in [6.07, 6.45) is 0. The summed E-state index contributed by atoms with van der Waals surface area (Å²) in [6.45, 7) is 1.99. The van der Waals surface area contributed by atoms with Crippen molar-refractivity contribution in [1.29, 1.82) is 0 Å². The van der Waals surface area contributed by atoms with E-state index in [2.05, 4.69) is 64.0 Å². The molecule has 0 saturated carbocycles. The third-order valence-corrected chi connectivity index (χ3v) is 5.05. The Balaban J connectivity index is 0.00000225. The first-order valence-electron chi connectivity index (χ1n) is 8.77. The van der Waals surface area contributed by atoms with Gasteiger partial charge >= 0.3 is 0 Å². The minimum absolute atomic E-state index is 0. The summed E-state index contributed by atoms with van der Waals surface area (Å²) in [4.78, 5) is 4.65. The quantitative estimate of drug-likeness (QED) is 0.266. The van der Waals surface area contributed by atoms with Crippen molar-refractivity contribution in [2.75, 3.05) is 5.43 Å². The predicted molar refractivity (Wildman–Crippen MR) is 126 cm³/mol. The number of hydrazone groups is 1. The fourth-order valence-electron chi connectivity index (χ4n) is 2.80. The Morgan fingerprint density at radius 1 is 0.786 bits per heavy atom. The van der Waals surface area contributed by atoms with E-state index >= 15 is 0 Å². The third kappa shape index (κ3) is 4.74. The molecule has 0 aliphatic rings. The fraction of sp³-hybridized carbons (Fsp3) is 0.0435. The lowest BCUT2D eigenvalue weighted by Gasteiger charge is -2.03. The second-order valence-corrected chi connectivity index (χ2v) is 7.01. The molecule has 4 aromatic rings. The SMILES string of the molecule is Br.C/C(=N\Nc1nc(-c2ccc(-c3ccccc3)cc2)cs1)c1ccccc1. The maximum atomic E-state index is 4.65. The number of hydrogen-bond donors (Lipinski definition) is 1. The standard InChI is InChI=1S/C23H19N3S.BrH/c1-17(18-8-4-2-5-9-18)25-26-23-24-22(16-27-23)21-14-12-20(13-15-21)19-10-6-3-7-11-19;/h2-16H,1H3,(H,24,26);1H/b25-17+;. The van der Waals surface area contributed by atoms with Crippen molar-refractivity contribution in [3.05, 3.63) is 95.9 Å². The summed E-state index contributed by atoms with van der Waals surface area (Å²) in [6, 6.07) is 29.0. The van der Waals surface area contributed by atoms with Crippen LogP contribution in [0.5, 0.6) is 0 Å². The molecular weight excluding hydrogens is 430 g/mol. The molecule has 3 nitrogen and oxygen atoms in total. The van der Waals surface area contributed by atoms with E-state index in [0.29, 0.717) is 0 Å². The van der Waals surface area contributed by atoms with Crippen molar-refractivity contribution in [3.8, 4) is 22.4 Å². The van der Waals surface area contributed by atoms with Crippen LogP contribution in [0.25, 0.3) is 22.4 Å². The molecule has 3 aromatic carbocycles. The van der Waals surface area contributed by atoms with Crippen LogP contribution >= 0.6 is 28.3 Å². The highest BCUT2D eigenvalue weighted by Gasteiger charge is 2.05. The van der Waals surface area contributed by atoms with Crippen LogP contribution in [0.4, 0.5) is 5.13 Å². The summed E-state index contributed by atoms with van der Waals surface area (Å²) < 4.78 is 0. The molecule has 5 heteroatoms. The second kappa shape index (κ2) is 9.44. The minimum atomic E-state index is 0. The third-order valence-electron chi connectivity index (χ3n) is 4.30. The molecule has 0 spiro atoms. The number of hydrogen-bond acceptors (Lipinski definition) is 4. The molecule has 140 valence electrons. The molecule has 0 fully saturated rings. The molecule has 4 rings (SSSR count). The van der Waals surface area contributed by atoms with Crippen LogP contribution in [0, 0.1) is 0 Å². The van der Waals surface area contributed by atoms with Gasteiger partial charge in [0.05, 0.1) is 11.4 Å². The Labute approximate surface area is 179 Å². The number of anilines is 1. The number of rotatable bonds is 5. The Hall–Kier alpha value is -2.76. The first-order chi connectivity index (χ1) is 13.3. The molecule has 0 unspecified atom stereocenters. The van der Waals surface area contributed by atoms with E-state index < -0.39 is 0 Å². The van der Waals surface area contributed by atoms with E-state index in [1.54, 1.807) is 11.3 Å². The van der Waals surface area contributed by atoms with E-state index in [0.717, 1.165) is 27.7 Å². The van der Waals surface area contributed by atoms with Gasteiger partial charge in [0.1, 0.15) is 0 Å². The van der Waals surface area contributed by atoms with Gasteiger partial charge < -0.3 is 0 Å². The highest BCUT2D eigenvalue weighted by atomic mass is 79.9. The van der Waals surface area contributed by atoms with Crippen molar-refractivity contribution >= 4 is 39.2 Å². The van der Waals surface area contributed by atoms with Crippen molar-refractivity contribution in [2.24, 2.45) is 5.10 Å². The maximum absolute atomic E-state index is 4.65. The van der Waals surface area contributed by atoms with Crippen molar-refractivity contribution in [1.82, 2.24) is 4.98 Å². The van der Waals surface area contributed by atoms with Crippen molar-refractivity contribution < 1.29 is 0 Å². The van der Waals surface area contributed by atoms with Gasteiger partial charge in [-0.25, -0.2) is 4.98 Å². The molecule has 1 heterocycles. The van der Waals surface area contributed by atoms with Gasteiger partial charge in [0.25, 0.3) is 0 Å². The van der Waals surface area contributed by atoms with Gasteiger partial charge in [-0.05, 0) is 23.6 Å². The number of aromatic nitrogens is 1. The van der Waals surface area contributed by atoms with Gasteiger partial charge in [-0.2, -0.15) is 5.10 Å². The molecule has 1 aromatic heterocycles. The predicted octanol–water partition coefficient (Wildman–Crippen LogP) is 6.89. The number of nitrogens with one attached hydrogen (secondary N) is 1. The van der Waals surface area contributed by atoms with Gasteiger partial charge in [-0.3, -0.25) is 5.43 Å². The van der Waals surface area contributed by atoms with E-state index in [9.17, 15) is 0 Å². The van der Waals surface area contributed by atoms with Crippen LogP contribution in [-0.2, 0) is 0 Å². The zero-order valence-corrected chi connectivity index (χ0v) is 17.9. The van der Waals surface area contributed by atoms with E-state index in [1.165, 1.54) is 11.1 Å². The maximum Gasteiger partial charge on any atom is 0.203 e. The number of nitrogens with zero attached hydrogens (tertiary/aromatic N) is 2. The normalized spacial score (nSPS) is 11.0. The molecule has 0 saturated heterocycles. The molecule has 28 heavy (non-hydrogen) atoms. The number of halogens is 1. The molecule has 0 amide bonds. The highest BCUT2D eigenvalue weighted by Crippen LogP contribution is 2.27. The Morgan fingerprint density at radius 2 is 1.36 bits per heavy atom. The van der Waals surface area contributed by atoms with E-state index in [1.807, 2.05) is 48.7 Å². The molecule has 0 aliphatic heterocycles. The molecule has 1 N–H and O–H groups in total. The first-order valence-corrected chi connectivity index (χ1v) is 9.65. The van der Waals surface area contributed by atoms with Crippen LogP contribution in [-0.4, -0.2) is 10.7 Å². The first kappa shape index (κ1) is 20.0. The van der Waals surface area contributed by atoms with Crippen molar-refractivity contribution in [2.45, 2.75) is 6.92 Å². The Morgan fingerprint density at radius 3 is 2.04 bits per heavy atom. The lowest BCUT2D eigenvalue weighted by molar-refractivity contribution is 1.27. The average Bonchev–Trinajstić information content (AvgIpc) is 3.22. The second-order valence-electron chi connectivity index (χ2n) is 6.16. The van der Waals surface area contributed by atoms with Crippen LogP contribution < -0.4 is 5.43 Å². The molecule has 0 bridgehead atoms. The fourth-order valence-corrected chi connectivity index (χ4v) is 3.46. The van der Waals surface area contributed by atoms with E-state index in [4.69, 9.17) is 0 Å². The summed E-state index contributed by atoms with van der Waals surface area (Å²) in [5.41, 5.74) is 9.57. The number of thiazole rings is 1. The van der Waals surface area contributed by atoms with Gasteiger partial charge in [-0.1, -0.05) is 84.9 Å². The topological polar surface area (TPSA) is 37.3 Å². The zero-order valence-electron chi connectivity index (χ0n) is 15.4. The lowest BCUT2D eigenvalue weighted by Crippen LogP contribution is -1.99. The van der Waals surface area contributed by atoms with Gasteiger partial charge in [0, 0.05) is 10.9 Å².